The fraction of sp³-hybridized carbons (Fsp3) is 0.294. The molecule has 130 valence electrons. The van der Waals surface area contributed by atoms with E-state index < -0.39 is 5.97 Å². The predicted molar refractivity (Wildman–Crippen MR) is 89.6 cm³/mol. The number of furan rings is 1. The number of hydrogen-bond donors (Lipinski definition) is 2. The second kappa shape index (κ2) is 6.04. The van der Waals surface area contributed by atoms with Gasteiger partial charge in [-0.25, -0.2) is 9.78 Å². The molecule has 3 aromatic heterocycles. The molecule has 0 spiro atoms. The molecule has 8 heteroatoms. The van der Waals surface area contributed by atoms with Gasteiger partial charge in [0.05, 0.1) is 23.2 Å². The van der Waals surface area contributed by atoms with E-state index in [-0.39, 0.29) is 18.0 Å². The third-order valence-corrected chi connectivity index (χ3v) is 3.96. The van der Waals surface area contributed by atoms with Gasteiger partial charge in [-0.2, -0.15) is 5.10 Å². The maximum absolute atomic E-state index is 12.6. The first kappa shape index (κ1) is 16.7. The minimum atomic E-state index is -1.06. The van der Waals surface area contributed by atoms with Crippen molar-refractivity contribution in [2.75, 3.05) is 0 Å². The van der Waals surface area contributed by atoms with Gasteiger partial charge in [-0.1, -0.05) is 0 Å². The maximum atomic E-state index is 12.6. The minimum absolute atomic E-state index is 0.0921. The van der Waals surface area contributed by atoms with E-state index in [1.54, 1.807) is 24.7 Å². The fourth-order valence-electron chi connectivity index (χ4n) is 2.85. The van der Waals surface area contributed by atoms with E-state index in [1.165, 1.54) is 6.07 Å². The Morgan fingerprint density at radius 3 is 2.60 bits per heavy atom. The van der Waals surface area contributed by atoms with Crippen molar-refractivity contribution in [2.24, 2.45) is 7.05 Å². The van der Waals surface area contributed by atoms with Gasteiger partial charge in [-0.15, -0.1) is 0 Å². The number of amides is 1. The van der Waals surface area contributed by atoms with Crippen molar-refractivity contribution in [3.05, 3.63) is 46.2 Å². The van der Waals surface area contributed by atoms with Crippen LogP contribution in [-0.4, -0.2) is 31.7 Å². The van der Waals surface area contributed by atoms with Crippen LogP contribution < -0.4 is 5.32 Å². The Morgan fingerprint density at radius 2 is 1.96 bits per heavy atom. The highest BCUT2D eigenvalue weighted by Crippen LogP contribution is 2.22. The van der Waals surface area contributed by atoms with Crippen LogP contribution in [0.3, 0.4) is 0 Å². The normalized spacial score (nSPS) is 11.0. The number of aryl methyl sites for hydroxylation is 4. The van der Waals surface area contributed by atoms with Gasteiger partial charge in [0.2, 0.25) is 0 Å². The number of nitrogens with zero attached hydrogens (tertiary/aromatic N) is 3. The van der Waals surface area contributed by atoms with Crippen LogP contribution in [0.15, 0.2) is 16.5 Å². The molecule has 25 heavy (non-hydrogen) atoms. The number of hydrogen-bond acceptors (Lipinski definition) is 5. The van der Waals surface area contributed by atoms with Gasteiger partial charge >= 0.3 is 5.97 Å². The van der Waals surface area contributed by atoms with Crippen LogP contribution in [0.5, 0.6) is 0 Å². The lowest BCUT2D eigenvalue weighted by Crippen LogP contribution is -2.23. The molecule has 0 fully saturated rings. The van der Waals surface area contributed by atoms with Crippen molar-refractivity contribution in [1.29, 1.82) is 0 Å². The summed E-state index contributed by atoms with van der Waals surface area (Å²) in [4.78, 5) is 28.1. The van der Waals surface area contributed by atoms with Crippen molar-refractivity contribution in [2.45, 2.75) is 27.3 Å². The molecule has 1 amide bonds. The van der Waals surface area contributed by atoms with Crippen LogP contribution in [0.2, 0.25) is 0 Å². The molecule has 2 N–H and O–H groups in total. The lowest BCUT2D eigenvalue weighted by atomic mass is 10.1. The Hall–Kier alpha value is -3.16. The average Bonchev–Trinajstić information content (AvgIpc) is 3.04. The van der Waals surface area contributed by atoms with Gasteiger partial charge < -0.3 is 14.8 Å². The third-order valence-electron chi connectivity index (χ3n) is 3.96. The molecule has 0 aliphatic heterocycles. The van der Waals surface area contributed by atoms with Gasteiger partial charge in [-0.05, 0) is 32.9 Å². The lowest BCUT2D eigenvalue weighted by molar-refractivity contribution is 0.0694. The van der Waals surface area contributed by atoms with Gasteiger partial charge in [0, 0.05) is 12.7 Å². The fourth-order valence-corrected chi connectivity index (χ4v) is 2.85. The highest BCUT2D eigenvalue weighted by Gasteiger charge is 2.19. The highest BCUT2D eigenvalue weighted by atomic mass is 16.4. The van der Waals surface area contributed by atoms with Crippen molar-refractivity contribution in [3.8, 4) is 0 Å². The molecule has 0 saturated carbocycles. The van der Waals surface area contributed by atoms with Crippen molar-refractivity contribution in [1.82, 2.24) is 20.1 Å². The Bertz CT molecular complexity index is 1000. The highest BCUT2D eigenvalue weighted by molar-refractivity contribution is 6.06. The zero-order valence-electron chi connectivity index (χ0n) is 14.4. The third kappa shape index (κ3) is 2.98. The standard InChI is InChI=1S/C17H18N4O4/c1-8-5-13(14-9(2)20-21(4)15(14)19-8)16(22)18-7-11-6-12(17(23)24)10(3)25-11/h5-6H,7H2,1-4H3,(H,18,22)(H,23,24). The molecule has 3 rings (SSSR count). The smallest absolute Gasteiger partial charge is 0.339 e. The van der Waals surface area contributed by atoms with Gasteiger partial charge in [0.25, 0.3) is 5.91 Å². The first-order valence-corrected chi connectivity index (χ1v) is 7.69. The molecule has 0 aromatic carbocycles. The number of carboxylic acids is 1. The summed E-state index contributed by atoms with van der Waals surface area (Å²) >= 11 is 0. The molecule has 0 atom stereocenters. The summed E-state index contributed by atoms with van der Waals surface area (Å²) in [5, 5.41) is 16.8. The Balaban J connectivity index is 1.88. The molecular weight excluding hydrogens is 324 g/mol. The van der Waals surface area contributed by atoms with E-state index in [1.807, 2.05) is 13.8 Å². The monoisotopic (exact) mass is 342 g/mol. The molecule has 3 aromatic rings. The number of aromatic nitrogens is 3. The SMILES string of the molecule is Cc1cc(C(=O)NCc2cc(C(=O)O)c(C)o2)c2c(C)nn(C)c2n1. The van der Waals surface area contributed by atoms with Crippen LogP contribution in [0.25, 0.3) is 11.0 Å². The number of carbonyl (C=O) groups is 2. The number of carboxylic acid groups (broad SMARTS) is 1. The summed E-state index contributed by atoms with van der Waals surface area (Å²) < 4.78 is 7.02. The number of rotatable bonds is 4. The van der Waals surface area contributed by atoms with Crippen LogP contribution >= 0.6 is 0 Å². The first-order chi connectivity index (χ1) is 11.8. The zero-order chi connectivity index (χ0) is 18.3. The van der Waals surface area contributed by atoms with Crippen molar-refractivity contribution < 1.29 is 19.1 Å². The summed E-state index contributed by atoms with van der Waals surface area (Å²) in [5.74, 6) is -0.663. The molecule has 3 heterocycles. The topological polar surface area (TPSA) is 110 Å². The number of fused-ring (bicyclic) bond motifs is 1. The average molecular weight is 342 g/mol. The quantitative estimate of drug-likeness (QED) is 0.751. The molecule has 0 radical (unpaired) electrons. The van der Waals surface area contributed by atoms with Crippen molar-refractivity contribution in [3.63, 3.8) is 0 Å². The van der Waals surface area contributed by atoms with E-state index >= 15 is 0 Å². The van der Waals surface area contributed by atoms with Crippen LogP contribution in [-0.2, 0) is 13.6 Å². The van der Waals surface area contributed by atoms with Crippen molar-refractivity contribution >= 4 is 22.9 Å². The summed E-state index contributed by atoms with van der Waals surface area (Å²) in [7, 11) is 1.78. The molecule has 0 aliphatic rings. The molecule has 0 saturated heterocycles. The van der Waals surface area contributed by atoms with Crippen LogP contribution in [0.4, 0.5) is 0 Å². The predicted octanol–water partition coefficient (Wildman–Crippen LogP) is 2.11. The zero-order valence-corrected chi connectivity index (χ0v) is 14.4. The molecule has 0 bridgehead atoms. The lowest BCUT2D eigenvalue weighted by Gasteiger charge is -2.06. The largest absolute Gasteiger partial charge is 0.478 e. The molecular formula is C17H18N4O4. The number of aromatic carboxylic acids is 1. The second-order valence-electron chi connectivity index (χ2n) is 5.89. The van der Waals surface area contributed by atoms with Gasteiger partial charge in [-0.3, -0.25) is 9.48 Å². The molecule has 0 aliphatic carbocycles. The molecule has 0 unspecified atom stereocenters. The van der Waals surface area contributed by atoms with Crippen LogP contribution in [0.1, 0.15) is 43.6 Å². The van der Waals surface area contributed by atoms with E-state index in [0.717, 1.165) is 5.69 Å². The van der Waals surface area contributed by atoms with Gasteiger partial charge in [0.1, 0.15) is 17.1 Å². The summed E-state index contributed by atoms with van der Waals surface area (Å²) in [5.41, 5.74) is 2.65. The Morgan fingerprint density at radius 1 is 1.24 bits per heavy atom. The first-order valence-electron chi connectivity index (χ1n) is 7.69. The Kier molecular flexibility index (Phi) is 4.03. The number of pyridine rings is 1. The summed E-state index contributed by atoms with van der Waals surface area (Å²) in [6.45, 7) is 5.30. The summed E-state index contributed by atoms with van der Waals surface area (Å²) in [6.07, 6.45) is 0. The second-order valence-corrected chi connectivity index (χ2v) is 5.89. The van der Waals surface area contributed by atoms with E-state index in [0.29, 0.717) is 33.8 Å². The Labute approximate surface area is 143 Å². The van der Waals surface area contributed by atoms with Gasteiger partial charge in [0.15, 0.2) is 5.65 Å². The number of carbonyl (C=O) groups excluding carboxylic acids is 1. The maximum Gasteiger partial charge on any atom is 0.339 e. The van der Waals surface area contributed by atoms with E-state index in [2.05, 4.69) is 15.4 Å². The molecule has 8 nitrogen and oxygen atoms in total. The minimum Gasteiger partial charge on any atom is -0.478 e. The summed E-state index contributed by atoms with van der Waals surface area (Å²) in [6, 6.07) is 3.13. The number of nitrogens with one attached hydrogen (secondary N) is 1. The van der Waals surface area contributed by atoms with Crippen LogP contribution in [0, 0.1) is 20.8 Å². The van der Waals surface area contributed by atoms with E-state index in [9.17, 15) is 9.59 Å². The van der Waals surface area contributed by atoms with E-state index in [4.69, 9.17) is 9.52 Å².